The van der Waals surface area contributed by atoms with Gasteiger partial charge in [0.25, 0.3) is 0 Å². The third-order valence-electron chi connectivity index (χ3n) is 3.15. The lowest BCUT2D eigenvalue weighted by atomic mass is 10.1. The lowest BCUT2D eigenvalue weighted by Gasteiger charge is -2.29. The summed E-state index contributed by atoms with van der Waals surface area (Å²) in [5.41, 5.74) is 0. The summed E-state index contributed by atoms with van der Waals surface area (Å²) in [5.74, 6) is 0.152. The molecule has 0 saturated heterocycles. The molecule has 1 fully saturated rings. The molecule has 1 saturated carbocycles. The fraction of sp³-hybridized carbons (Fsp3) is 0.833. The van der Waals surface area contributed by atoms with Gasteiger partial charge in [-0.1, -0.05) is 6.92 Å². The fourth-order valence-electron chi connectivity index (χ4n) is 1.89. The fourth-order valence-corrected chi connectivity index (χ4v) is 1.89. The van der Waals surface area contributed by atoms with E-state index in [4.69, 9.17) is 4.74 Å². The number of nitrogens with zero attached hydrogens (tertiary/aromatic N) is 2. The summed E-state index contributed by atoms with van der Waals surface area (Å²) in [6.45, 7) is 2.91. The molecule has 98 valence electrons. The number of carbonyl (C=O) groups excluding carboxylic acids is 2. The number of ether oxygens (including phenoxy) is 1. The van der Waals surface area contributed by atoms with Crippen LogP contribution in [0.4, 0.5) is 0 Å². The van der Waals surface area contributed by atoms with Gasteiger partial charge in [0.05, 0.1) is 13.7 Å². The van der Waals surface area contributed by atoms with Gasteiger partial charge in [-0.3, -0.25) is 14.5 Å². The van der Waals surface area contributed by atoms with Crippen LogP contribution in [0.2, 0.25) is 0 Å². The van der Waals surface area contributed by atoms with Gasteiger partial charge in [0, 0.05) is 14.1 Å². The molecule has 0 spiro atoms. The second kappa shape index (κ2) is 6.00. The Kier molecular flexibility index (Phi) is 4.93. The van der Waals surface area contributed by atoms with Gasteiger partial charge in [-0.15, -0.1) is 0 Å². The summed E-state index contributed by atoms with van der Waals surface area (Å²) in [4.78, 5) is 26.9. The Bertz CT molecular complexity index is 287. The quantitative estimate of drug-likeness (QED) is 0.631. The van der Waals surface area contributed by atoms with E-state index in [0.29, 0.717) is 12.5 Å². The topological polar surface area (TPSA) is 49.9 Å². The van der Waals surface area contributed by atoms with Crippen molar-refractivity contribution in [1.29, 1.82) is 0 Å². The van der Waals surface area contributed by atoms with Gasteiger partial charge >= 0.3 is 5.97 Å². The minimum absolute atomic E-state index is 0.0152. The van der Waals surface area contributed by atoms with Crippen LogP contribution in [0, 0.1) is 5.92 Å². The molecule has 1 aliphatic rings. The van der Waals surface area contributed by atoms with Crippen LogP contribution in [-0.2, 0) is 14.3 Å². The predicted octanol–water partition coefficient (Wildman–Crippen LogP) is 0.348. The van der Waals surface area contributed by atoms with Gasteiger partial charge in [-0.05, 0) is 25.3 Å². The highest BCUT2D eigenvalue weighted by molar-refractivity contribution is 5.80. The summed E-state index contributed by atoms with van der Waals surface area (Å²) >= 11 is 0. The Morgan fingerprint density at radius 3 is 2.29 bits per heavy atom. The molecular formula is C12H22N2O3. The van der Waals surface area contributed by atoms with E-state index in [2.05, 4.69) is 0 Å². The van der Waals surface area contributed by atoms with Gasteiger partial charge in [-0.25, -0.2) is 0 Å². The zero-order valence-corrected chi connectivity index (χ0v) is 11.1. The monoisotopic (exact) mass is 242 g/mol. The number of carbonyl (C=O) groups is 2. The van der Waals surface area contributed by atoms with Crippen molar-refractivity contribution in [2.45, 2.75) is 25.8 Å². The van der Waals surface area contributed by atoms with Crippen molar-refractivity contribution in [3.05, 3.63) is 0 Å². The van der Waals surface area contributed by atoms with Gasteiger partial charge in [0.2, 0.25) is 5.91 Å². The number of hydrogen-bond donors (Lipinski definition) is 0. The van der Waals surface area contributed by atoms with Crippen molar-refractivity contribution in [3.8, 4) is 0 Å². The minimum atomic E-state index is -0.256. The molecule has 0 N–H and O–H groups in total. The highest BCUT2D eigenvalue weighted by Crippen LogP contribution is 2.35. The van der Waals surface area contributed by atoms with Crippen LogP contribution >= 0.6 is 0 Å². The third kappa shape index (κ3) is 3.70. The number of rotatable bonds is 6. The van der Waals surface area contributed by atoms with Crippen LogP contribution in [0.15, 0.2) is 0 Å². The molecular weight excluding hydrogens is 220 g/mol. The Balaban J connectivity index is 2.68. The average molecular weight is 242 g/mol. The molecule has 0 radical (unpaired) electrons. The number of esters is 1. The summed E-state index contributed by atoms with van der Waals surface area (Å²) < 4.78 is 4.83. The SMILES string of the molecule is CCN(CC(=O)N(C)C)C(C(=O)OC)C1CC1. The molecule has 5 heteroatoms. The third-order valence-corrected chi connectivity index (χ3v) is 3.15. The maximum absolute atomic E-state index is 11.8. The van der Waals surface area contributed by atoms with E-state index in [1.165, 1.54) is 7.11 Å². The molecule has 1 unspecified atom stereocenters. The number of likely N-dealkylation sites (N-methyl/N-ethyl adjacent to an activating group) is 2. The number of amides is 1. The first kappa shape index (κ1) is 14.0. The summed E-state index contributed by atoms with van der Waals surface area (Å²) in [5, 5.41) is 0. The largest absolute Gasteiger partial charge is 0.468 e. The van der Waals surface area contributed by atoms with E-state index in [-0.39, 0.29) is 24.5 Å². The van der Waals surface area contributed by atoms with Gasteiger partial charge in [0.15, 0.2) is 0 Å². The molecule has 1 aliphatic carbocycles. The summed E-state index contributed by atoms with van der Waals surface area (Å²) in [7, 11) is 4.85. The minimum Gasteiger partial charge on any atom is -0.468 e. The maximum atomic E-state index is 11.8. The van der Waals surface area contributed by atoms with E-state index in [1.54, 1.807) is 19.0 Å². The molecule has 0 aromatic heterocycles. The van der Waals surface area contributed by atoms with E-state index < -0.39 is 0 Å². The maximum Gasteiger partial charge on any atom is 0.323 e. The van der Waals surface area contributed by atoms with Crippen LogP contribution < -0.4 is 0 Å². The summed E-state index contributed by atoms with van der Waals surface area (Å²) in [6, 6.07) is -0.256. The highest BCUT2D eigenvalue weighted by atomic mass is 16.5. The van der Waals surface area contributed by atoms with E-state index in [9.17, 15) is 9.59 Å². The van der Waals surface area contributed by atoms with Crippen molar-refractivity contribution < 1.29 is 14.3 Å². The first-order chi connectivity index (χ1) is 8.01. The first-order valence-corrected chi connectivity index (χ1v) is 6.03. The van der Waals surface area contributed by atoms with Crippen LogP contribution in [0.3, 0.4) is 0 Å². The normalized spacial score (nSPS) is 16.8. The Hall–Kier alpha value is -1.10. The van der Waals surface area contributed by atoms with Gasteiger partial charge in [-0.2, -0.15) is 0 Å². The van der Waals surface area contributed by atoms with E-state index in [1.807, 2.05) is 11.8 Å². The molecule has 0 aromatic carbocycles. The van der Waals surface area contributed by atoms with Gasteiger partial charge < -0.3 is 9.64 Å². The Labute approximate surface area is 103 Å². The standard InChI is InChI=1S/C12H22N2O3/c1-5-14(8-10(15)13(2)3)11(9-6-7-9)12(16)17-4/h9,11H,5-8H2,1-4H3. The van der Waals surface area contributed by atoms with Crippen molar-refractivity contribution in [2.24, 2.45) is 5.92 Å². The second-order valence-electron chi connectivity index (χ2n) is 4.66. The molecule has 0 bridgehead atoms. The lowest BCUT2D eigenvalue weighted by Crippen LogP contribution is -2.47. The van der Waals surface area contributed by atoms with E-state index >= 15 is 0 Å². The highest BCUT2D eigenvalue weighted by Gasteiger charge is 2.41. The second-order valence-corrected chi connectivity index (χ2v) is 4.66. The van der Waals surface area contributed by atoms with Gasteiger partial charge in [0.1, 0.15) is 6.04 Å². The van der Waals surface area contributed by atoms with Crippen LogP contribution in [0.25, 0.3) is 0 Å². The molecule has 5 nitrogen and oxygen atoms in total. The molecule has 1 rings (SSSR count). The number of methoxy groups -OCH3 is 1. The molecule has 0 heterocycles. The van der Waals surface area contributed by atoms with Crippen molar-refractivity contribution in [3.63, 3.8) is 0 Å². The zero-order valence-electron chi connectivity index (χ0n) is 11.1. The molecule has 0 aliphatic heterocycles. The van der Waals surface area contributed by atoms with E-state index in [0.717, 1.165) is 12.8 Å². The van der Waals surface area contributed by atoms with Crippen LogP contribution in [0.5, 0.6) is 0 Å². The molecule has 1 amide bonds. The zero-order chi connectivity index (χ0) is 13.0. The van der Waals surface area contributed by atoms with Crippen molar-refractivity contribution >= 4 is 11.9 Å². The number of hydrogen-bond acceptors (Lipinski definition) is 4. The Morgan fingerprint density at radius 2 is 1.94 bits per heavy atom. The van der Waals surface area contributed by atoms with Crippen molar-refractivity contribution in [2.75, 3.05) is 34.3 Å². The van der Waals surface area contributed by atoms with Crippen LogP contribution in [0.1, 0.15) is 19.8 Å². The van der Waals surface area contributed by atoms with Crippen LogP contribution in [-0.4, -0.2) is 62.0 Å². The molecule has 17 heavy (non-hydrogen) atoms. The molecule has 0 aromatic rings. The average Bonchev–Trinajstić information content (AvgIpc) is 3.11. The first-order valence-electron chi connectivity index (χ1n) is 6.03. The summed E-state index contributed by atoms with van der Waals surface area (Å²) in [6.07, 6.45) is 2.10. The lowest BCUT2D eigenvalue weighted by molar-refractivity contribution is -0.148. The smallest absolute Gasteiger partial charge is 0.323 e. The predicted molar refractivity (Wildman–Crippen MR) is 64.5 cm³/mol. The Morgan fingerprint density at radius 1 is 1.35 bits per heavy atom. The van der Waals surface area contributed by atoms with Crippen molar-refractivity contribution in [1.82, 2.24) is 9.80 Å². The molecule has 1 atom stereocenters.